The Morgan fingerprint density at radius 2 is 0.449 bits per heavy atom. The lowest BCUT2D eigenvalue weighted by molar-refractivity contribution is -0.143. The van der Waals surface area contributed by atoms with E-state index in [-0.39, 0.29) is 5.97 Å². The fourth-order valence-corrected chi connectivity index (χ4v) is 7.49. The molecule has 0 aromatic rings. The number of hydrogen-bond donors (Lipinski definition) is 0. The number of carbonyl (C=O) groups is 1. The van der Waals surface area contributed by atoms with E-state index in [9.17, 15) is 4.79 Å². The van der Waals surface area contributed by atoms with E-state index in [2.05, 4.69) is 13.8 Å². The maximum Gasteiger partial charge on any atom is 0.305 e. The minimum Gasteiger partial charge on any atom is -0.466 e. The molecule has 294 valence electrons. The molecule has 0 aliphatic carbocycles. The molecule has 0 atom stereocenters. The van der Waals surface area contributed by atoms with Crippen molar-refractivity contribution in [1.29, 1.82) is 0 Å². The maximum absolute atomic E-state index is 12.0. The highest BCUT2D eigenvalue weighted by Gasteiger charge is 2.03. The molecule has 0 aromatic carbocycles. The highest BCUT2D eigenvalue weighted by molar-refractivity contribution is 5.69. The van der Waals surface area contributed by atoms with Crippen molar-refractivity contribution < 1.29 is 9.53 Å². The van der Waals surface area contributed by atoms with Crippen molar-refractivity contribution in [2.24, 2.45) is 0 Å². The molecule has 0 rings (SSSR count). The molecule has 0 aromatic heterocycles. The van der Waals surface area contributed by atoms with Gasteiger partial charge in [0.2, 0.25) is 0 Å². The smallest absolute Gasteiger partial charge is 0.305 e. The van der Waals surface area contributed by atoms with Crippen molar-refractivity contribution in [3.63, 3.8) is 0 Å². The van der Waals surface area contributed by atoms with Gasteiger partial charge in [0.1, 0.15) is 0 Å². The Labute approximate surface area is 311 Å². The lowest BCUT2D eigenvalue weighted by Crippen LogP contribution is -2.05. The second-order valence-corrected chi connectivity index (χ2v) is 16.1. The van der Waals surface area contributed by atoms with Crippen molar-refractivity contribution in [2.75, 3.05) is 6.61 Å². The number of rotatable bonds is 44. The second-order valence-electron chi connectivity index (χ2n) is 16.1. The molecule has 49 heavy (non-hydrogen) atoms. The minimum absolute atomic E-state index is 0.0329. The highest BCUT2D eigenvalue weighted by atomic mass is 16.5. The van der Waals surface area contributed by atoms with Crippen LogP contribution >= 0.6 is 0 Å². The van der Waals surface area contributed by atoms with Crippen molar-refractivity contribution in [3.8, 4) is 0 Å². The van der Waals surface area contributed by atoms with Crippen LogP contribution in [0.1, 0.15) is 290 Å². The maximum atomic E-state index is 12.0. The van der Waals surface area contributed by atoms with Gasteiger partial charge in [-0.05, 0) is 12.8 Å². The Morgan fingerprint density at radius 1 is 0.265 bits per heavy atom. The average Bonchev–Trinajstić information content (AvgIpc) is 3.11. The molecule has 0 saturated carbocycles. The van der Waals surface area contributed by atoms with Gasteiger partial charge in [0, 0.05) is 6.42 Å². The van der Waals surface area contributed by atoms with Crippen LogP contribution in [0.15, 0.2) is 0 Å². The number of hydrogen-bond acceptors (Lipinski definition) is 2. The first-order chi connectivity index (χ1) is 24.3. The first kappa shape index (κ1) is 48.5. The zero-order valence-electron chi connectivity index (χ0n) is 34.4. The standard InChI is InChI=1S/C47H94O2/c1-3-5-7-9-11-13-15-17-19-21-22-23-24-25-26-27-28-29-31-33-35-37-39-41-43-45-47(48)49-46-44-42-40-38-36-34-32-30-20-18-16-14-12-10-8-6-4-2/h3-46H2,1-2H3. The summed E-state index contributed by atoms with van der Waals surface area (Å²) in [5.41, 5.74) is 0. The third kappa shape index (κ3) is 45.4. The highest BCUT2D eigenvalue weighted by Crippen LogP contribution is 2.17. The molecule has 0 aliphatic heterocycles. The lowest BCUT2D eigenvalue weighted by atomic mass is 10.0. The summed E-state index contributed by atoms with van der Waals surface area (Å²) >= 11 is 0. The van der Waals surface area contributed by atoms with Gasteiger partial charge in [0.05, 0.1) is 6.61 Å². The van der Waals surface area contributed by atoms with Crippen LogP contribution in [0, 0.1) is 0 Å². The molecule has 2 nitrogen and oxygen atoms in total. The van der Waals surface area contributed by atoms with Crippen LogP contribution in [0.5, 0.6) is 0 Å². The molecule has 0 radical (unpaired) electrons. The van der Waals surface area contributed by atoms with Crippen LogP contribution in [0.2, 0.25) is 0 Å². The summed E-state index contributed by atoms with van der Waals surface area (Å²) in [7, 11) is 0. The van der Waals surface area contributed by atoms with E-state index in [4.69, 9.17) is 4.74 Å². The summed E-state index contributed by atoms with van der Waals surface area (Å²) in [6.07, 6.45) is 59.4. The second kappa shape index (κ2) is 45.5. The predicted molar refractivity (Wildman–Crippen MR) is 221 cm³/mol. The van der Waals surface area contributed by atoms with Gasteiger partial charge in [0.15, 0.2) is 0 Å². The molecule has 0 amide bonds. The lowest BCUT2D eigenvalue weighted by Gasteiger charge is -2.06. The molecule has 0 heterocycles. The van der Waals surface area contributed by atoms with E-state index < -0.39 is 0 Å². The number of carbonyl (C=O) groups excluding carboxylic acids is 1. The van der Waals surface area contributed by atoms with Gasteiger partial charge in [-0.25, -0.2) is 0 Å². The van der Waals surface area contributed by atoms with Gasteiger partial charge < -0.3 is 4.74 Å². The summed E-state index contributed by atoms with van der Waals surface area (Å²) in [4.78, 5) is 12.0. The third-order valence-corrected chi connectivity index (χ3v) is 11.0. The monoisotopic (exact) mass is 691 g/mol. The normalized spacial score (nSPS) is 11.5. The summed E-state index contributed by atoms with van der Waals surface area (Å²) in [5, 5.41) is 0. The Kier molecular flexibility index (Phi) is 45.0. The van der Waals surface area contributed by atoms with E-state index in [0.717, 1.165) is 12.8 Å². The van der Waals surface area contributed by atoms with E-state index in [1.807, 2.05) is 0 Å². The van der Waals surface area contributed by atoms with Gasteiger partial charge in [-0.1, -0.05) is 271 Å². The molecule has 0 bridgehead atoms. The molecule has 0 unspecified atom stereocenters. The van der Waals surface area contributed by atoms with Gasteiger partial charge in [0.25, 0.3) is 0 Å². The van der Waals surface area contributed by atoms with Crippen molar-refractivity contribution in [2.45, 2.75) is 290 Å². The minimum atomic E-state index is 0.0329. The Morgan fingerprint density at radius 3 is 0.673 bits per heavy atom. The van der Waals surface area contributed by atoms with Crippen LogP contribution in [-0.4, -0.2) is 12.6 Å². The molecule has 2 heteroatoms. The Bertz CT molecular complexity index is 587. The number of esters is 1. The Hall–Kier alpha value is -0.530. The topological polar surface area (TPSA) is 26.3 Å². The quantitative estimate of drug-likeness (QED) is 0.0470. The van der Waals surface area contributed by atoms with E-state index in [0.29, 0.717) is 13.0 Å². The van der Waals surface area contributed by atoms with E-state index in [1.54, 1.807) is 0 Å². The largest absolute Gasteiger partial charge is 0.466 e. The number of ether oxygens (including phenoxy) is 1. The van der Waals surface area contributed by atoms with Gasteiger partial charge >= 0.3 is 5.97 Å². The van der Waals surface area contributed by atoms with Crippen molar-refractivity contribution in [1.82, 2.24) is 0 Å². The zero-order valence-corrected chi connectivity index (χ0v) is 34.4. The summed E-state index contributed by atoms with van der Waals surface area (Å²) in [6, 6.07) is 0. The molecular formula is C47H94O2. The molecule has 0 fully saturated rings. The summed E-state index contributed by atoms with van der Waals surface area (Å²) in [6.45, 7) is 5.24. The fraction of sp³-hybridized carbons (Fsp3) is 0.979. The van der Waals surface area contributed by atoms with Crippen LogP contribution in [-0.2, 0) is 9.53 Å². The number of unbranched alkanes of at least 4 members (excludes halogenated alkanes) is 40. The predicted octanol–water partition coefficient (Wildman–Crippen LogP) is 17.3. The molecule has 0 saturated heterocycles. The molecule has 0 aliphatic rings. The average molecular weight is 691 g/mol. The molecule has 0 N–H and O–H groups in total. The van der Waals surface area contributed by atoms with Gasteiger partial charge in [-0.3, -0.25) is 4.79 Å². The van der Waals surface area contributed by atoms with Crippen LogP contribution in [0.3, 0.4) is 0 Å². The zero-order chi connectivity index (χ0) is 35.4. The van der Waals surface area contributed by atoms with Crippen LogP contribution in [0.4, 0.5) is 0 Å². The van der Waals surface area contributed by atoms with Gasteiger partial charge in [-0.2, -0.15) is 0 Å². The van der Waals surface area contributed by atoms with Crippen molar-refractivity contribution >= 4 is 5.97 Å². The SMILES string of the molecule is CCCCCCCCCCCCCCCCCCCCCCCCCCCC(=O)OCCCCCCCCCCCCCCCCCCC. The van der Waals surface area contributed by atoms with Crippen molar-refractivity contribution in [3.05, 3.63) is 0 Å². The first-order valence-corrected chi connectivity index (χ1v) is 23.5. The van der Waals surface area contributed by atoms with E-state index >= 15 is 0 Å². The third-order valence-electron chi connectivity index (χ3n) is 11.0. The molecule has 0 spiro atoms. The molecular weight excluding hydrogens is 597 g/mol. The van der Waals surface area contributed by atoms with Crippen LogP contribution < -0.4 is 0 Å². The van der Waals surface area contributed by atoms with E-state index in [1.165, 1.54) is 257 Å². The summed E-state index contributed by atoms with van der Waals surface area (Å²) in [5.74, 6) is 0.0329. The Balaban J connectivity index is 3.14. The van der Waals surface area contributed by atoms with Crippen LogP contribution in [0.25, 0.3) is 0 Å². The summed E-state index contributed by atoms with van der Waals surface area (Å²) < 4.78 is 5.48. The van der Waals surface area contributed by atoms with Gasteiger partial charge in [-0.15, -0.1) is 0 Å². The fourth-order valence-electron chi connectivity index (χ4n) is 7.49. The first-order valence-electron chi connectivity index (χ1n) is 23.5.